The summed E-state index contributed by atoms with van der Waals surface area (Å²) >= 11 is 1.52. The Morgan fingerprint density at radius 3 is 2.23 bits per heavy atom. The molecule has 1 amide bonds. The van der Waals surface area contributed by atoms with Gasteiger partial charge in [-0.15, -0.1) is 0 Å². The third kappa shape index (κ3) is 5.14. The van der Waals surface area contributed by atoms with Crippen LogP contribution in [0.1, 0.15) is 34.8 Å². The second kappa shape index (κ2) is 9.46. The first-order chi connectivity index (χ1) is 14.6. The zero-order valence-electron chi connectivity index (χ0n) is 18.7. The summed E-state index contributed by atoms with van der Waals surface area (Å²) in [6.45, 7) is 7.06. The molecule has 6 nitrogen and oxygen atoms in total. The molecule has 0 bridgehead atoms. The number of benzene rings is 2. The number of nitrogens with zero attached hydrogens (tertiary/aromatic N) is 3. The van der Waals surface area contributed by atoms with Crippen molar-refractivity contribution in [3.63, 3.8) is 0 Å². The number of fused-ring (bicyclic) bond motifs is 1. The number of carbonyl (C=O) groups excluding carboxylic acids is 1. The first-order valence-electron chi connectivity index (χ1n) is 10.3. The van der Waals surface area contributed by atoms with Crippen molar-refractivity contribution in [1.82, 2.24) is 9.88 Å². The van der Waals surface area contributed by atoms with Gasteiger partial charge in [0.05, 0.1) is 20.9 Å². The Hall–Kier alpha value is -2.29. The molecule has 0 aliphatic heterocycles. The molecule has 0 spiro atoms. The van der Waals surface area contributed by atoms with Gasteiger partial charge in [0.25, 0.3) is 5.91 Å². The molecule has 0 aliphatic rings. The van der Waals surface area contributed by atoms with E-state index in [1.165, 1.54) is 23.5 Å². The van der Waals surface area contributed by atoms with Crippen molar-refractivity contribution in [3.8, 4) is 0 Å². The second-order valence-corrected chi connectivity index (χ2v) is 11.2. The normalized spacial score (nSPS) is 11.9. The number of aryl methyl sites for hydroxylation is 2. The maximum absolute atomic E-state index is 13.4. The molecule has 0 radical (unpaired) electrons. The maximum Gasteiger partial charge on any atom is 0.260 e. The number of thiazole rings is 1. The van der Waals surface area contributed by atoms with Gasteiger partial charge in [0.2, 0.25) is 0 Å². The van der Waals surface area contributed by atoms with E-state index in [0.717, 1.165) is 34.3 Å². The number of anilines is 1. The number of aromatic nitrogens is 1. The quantitative estimate of drug-likeness (QED) is 0.502. The molecule has 31 heavy (non-hydrogen) atoms. The van der Waals surface area contributed by atoms with Gasteiger partial charge in [0.15, 0.2) is 15.0 Å². The molecule has 3 rings (SSSR count). The van der Waals surface area contributed by atoms with Crippen LogP contribution in [0.3, 0.4) is 0 Å². The molecule has 0 N–H and O–H groups in total. The van der Waals surface area contributed by atoms with E-state index in [2.05, 4.69) is 17.9 Å². The highest BCUT2D eigenvalue weighted by Crippen LogP contribution is 2.34. The molecule has 166 valence electrons. The van der Waals surface area contributed by atoms with Crippen molar-refractivity contribution in [2.24, 2.45) is 0 Å². The predicted molar refractivity (Wildman–Crippen MR) is 128 cm³/mol. The second-order valence-electron chi connectivity index (χ2n) is 7.91. The monoisotopic (exact) mass is 459 g/mol. The summed E-state index contributed by atoms with van der Waals surface area (Å²) in [7, 11) is 0.703. The Kier molecular flexibility index (Phi) is 7.13. The van der Waals surface area contributed by atoms with Crippen LogP contribution >= 0.6 is 11.3 Å². The average molecular weight is 460 g/mol. The van der Waals surface area contributed by atoms with Crippen molar-refractivity contribution in [2.75, 3.05) is 37.8 Å². The Morgan fingerprint density at radius 2 is 1.65 bits per heavy atom. The van der Waals surface area contributed by atoms with Gasteiger partial charge in [-0.1, -0.05) is 30.4 Å². The Labute approximate surface area is 188 Å². The first-order valence-corrected chi connectivity index (χ1v) is 12.8. The number of sulfone groups is 1. The number of rotatable bonds is 8. The van der Waals surface area contributed by atoms with Crippen LogP contribution in [0.2, 0.25) is 0 Å². The minimum atomic E-state index is -3.30. The number of hydrogen-bond acceptors (Lipinski definition) is 6. The highest BCUT2D eigenvalue weighted by atomic mass is 32.2. The maximum atomic E-state index is 13.4. The van der Waals surface area contributed by atoms with E-state index in [4.69, 9.17) is 4.98 Å². The predicted octanol–water partition coefficient (Wildman–Crippen LogP) is 4.31. The molecule has 0 saturated carbocycles. The minimum Gasteiger partial charge on any atom is -0.309 e. The van der Waals surface area contributed by atoms with E-state index in [1.807, 2.05) is 27.1 Å². The molecular weight excluding hydrogens is 430 g/mol. The fourth-order valence-electron chi connectivity index (χ4n) is 3.32. The summed E-state index contributed by atoms with van der Waals surface area (Å²) in [5.74, 6) is -0.143. The van der Waals surface area contributed by atoms with Crippen LogP contribution in [0.4, 0.5) is 5.13 Å². The van der Waals surface area contributed by atoms with Gasteiger partial charge in [-0.3, -0.25) is 9.69 Å². The van der Waals surface area contributed by atoms with E-state index in [0.29, 0.717) is 17.2 Å². The summed E-state index contributed by atoms with van der Waals surface area (Å²) in [4.78, 5) is 22.3. The van der Waals surface area contributed by atoms with Crippen molar-refractivity contribution in [1.29, 1.82) is 0 Å². The topological polar surface area (TPSA) is 70.6 Å². The van der Waals surface area contributed by atoms with Gasteiger partial charge in [-0.05, 0) is 76.3 Å². The fraction of sp³-hybridized carbons (Fsp3) is 0.391. The molecule has 1 heterocycles. The number of carbonyl (C=O) groups is 1. The van der Waals surface area contributed by atoms with E-state index in [-0.39, 0.29) is 16.6 Å². The fourth-order valence-corrected chi connectivity index (χ4v) is 5.34. The lowest BCUT2D eigenvalue weighted by Crippen LogP contribution is -2.33. The summed E-state index contributed by atoms with van der Waals surface area (Å²) in [5.41, 5.74) is 3.60. The summed E-state index contributed by atoms with van der Waals surface area (Å²) in [6, 6.07) is 10.3. The first kappa shape index (κ1) is 23.4. The highest BCUT2D eigenvalue weighted by molar-refractivity contribution is 7.91. The third-order valence-corrected chi connectivity index (χ3v) is 8.20. The highest BCUT2D eigenvalue weighted by Gasteiger charge is 2.23. The lowest BCUT2D eigenvalue weighted by Gasteiger charge is -2.21. The van der Waals surface area contributed by atoms with Crippen molar-refractivity contribution in [3.05, 3.63) is 53.1 Å². The van der Waals surface area contributed by atoms with Gasteiger partial charge < -0.3 is 4.90 Å². The lowest BCUT2D eigenvalue weighted by atomic mass is 10.1. The molecular formula is C23H29N3O3S2. The van der Waals surface area contributed by atoms with Crippen LogP contribution in [0, 0.1) is 13.8 Å². The van der Waals surface area contributed by atoms with Crippen LogP contribution in [0.5, 0.6) is 0 Å². The van der Waals surface area contributed by atoms with Gasteiger partial charge in [0, 0.05) is 12.1 Å². The zero-order valence-corrected chi connectivity index (χ0v) is 20.3. The molecule has 0 saturated heterocycles. The average Bonchev–Trinajstić information content (AvgIpc) is 3.20. The summed E-state index contributed by atoms with van der Waals surface area (Å²) < 4.78 is 25.3. The van der Waals surface area contributed by atoms with Crippen molar-refractivity contribution < 1.29 is 13.2 Å². The molecule has 0 atom stereocenters. The largest absolute Gasteiger partial charge is 0.309 e. The van der Waals surface area contributed by atoms with E-state index in [9.17, 15) is 13.2 Å². The van der Waals surface area contributed by atoms with Gasteiger partial charge in [-0.2, -0.15) is 0 Å². The molecule has 2 aromatic carbocycles. The Morgan fingerprint density at radius 1 is 1.00 bits per heavy atom. The third-order valence-electron chi connectivity index (χ3n) is 5.23. The molecule has 3 aromatic rings. The zero-order chi connectivity index (χ0) is 22.8. The number of amides is 1. The summed E-state index contributed by atoms with van der Waals surface area (Å²) in [6.07, 6.45) is 0.801. The lowest BCUT2D eigenvalue weighted by molar-refractivity contribution is 0.0986. The molecule has 0 unspecified atom stereocenters. The summed E-state index contributed by atoms with van der Waals surface area (Å²) in [5, 5.41) is 0.668. The molecule has 8 heteroatoms. The minimum absolute atomic E-state index is 0.0291. The standard InChI is InChI=1S/C23H29N3O3S2/c1-6-31(28,29)19-12-10-18(11-13-19)22(27)26(15-7-14-25(4)5)23-24-20-16(2)8-9-17(3)21(20)30-23/h8-13H,6-7,14-15H2,1-5H3. The van der Waals surface area contributed by atoms with Crippen LogP contribution in [-0.2, 0) is 9.84 Å². The SMILES string of the molecule is CCS(=O)(=O)c1ccc(C(=O)N(CCCN(C)C)c2nc3c(C)ccc(C)c3s2)cc1. The van der Waals surface area contributed by atoms with Crippen molar-refractivity contribution in [2.45, 2.75) is 32.1 Å². The number of hydrogen-bond donors (Lipinski definition) is 0. The van der Waals surface area contributed by atoms with E-state index in [1.54, 1.807) is 24.0 Å². The van der Waals surface area contributed by atoms with Crippen LogP contribution in [-0.4, -0.2) is 57.1 Å². The van der Waals surface area contributed by atoms with Crippen LogP contribution in [0.15, 0.2) is 41.3 Å². The molecule has 1 aromatic heterocycles. The Bertz CT molecular complexity index is 1140. The van der Waals surface area contributed by atoms with Crippen LogP contribution in [0.25, 0.3) is 10.2 Å². The van der Waals surface area contributed by atoms with Crippen molar-refractivity contribution >= 4 is 42.4 Å². The Balaban J connectivity index is 1.98. The van der Waals surface area contributed by atoms with E-state index < -0.39 is 9.84 Å². The van der Waals surface area contributed by atoms with Gasteiger partial charge in [-0.25, -0.2) is 13.4 Å². The van der Waals surface area contributed by atoms with E-state index >= 15 is 0 Å². The molecule has 0 aliphatic carbocycles. The smallest absolute Gasteiger partial charge is 0.260 e. The molecule has 0 fully saturated rings. The van der Waals surface area contributed by atoms with Crippen LogP contribution < -0.4 is 4.90 Å². The van der Waals surface area contributed by atoms with Gasteiger partial charge in [0.1, 0.15) is 0 Å². The van der Waals surface area contributed by atoms with Gasteiger partial charge >= 0.3 is 0 Å².